The van der Waals surface area contributed by atoms with Crippen LogP contribution >= 0.6 is 0 Å². The van der Waals surface area contributed by atoms with Crippen LogP contribution in [-0.2, 0) is 10.0 Å². The number of fused-ring (bicyclic) bond motifs is 1. The maximum atomic E-state index is 12.4. The minimum Gasteiger partial charge on any atom is -0.399 e. The quantitative estimate of drug-likeness (QED) is 0.778. The van der Waals surface area contributed by atoms with Crippen LogP contribution in [-0.4, -0.2) is 24.7 Å². The summed E-state index contributed by atoms with van der Waals surface area (Å²) in [6.07, 6.45) is 3.47. The van der Waals surface area contributed by atoms with E-state index in [2.05, 4.69) is 0 Å². The summed E-state index contributed by atoms with van der Waals surface area (Å²) >= 11 is 0. The molecule has 0 aromatic heterocycles. The fourth-order valence-electron chi connectivity index (χ4n) is 2.77. The second-order valence-corrected chi connectivity index (χ2v) is 6.58. The van der Waals surface area contributed by atoms with E-state index >= 15 is 0 Å². The summed E-state index contributed by atoms with van der Waals surface area (Å²) in [6.45, 7) is 0. The van der Waals surface area contributed by atoms with Gasteiger partial charge in [0.25, 0.3) is 15.9 Å². The first kappa shape index (κ1) is 11.5. The molecule has 0 saturated heterocycles. The van der Waals surface area contributed by atoms with Crippen LogP contribution in [0.15, 0.2) is 23.1 Å². The van der Waals surface area contributed by atoms with Gasteiger partial charge in [0.15, 0.2) is 0 Å². The highest BCUT2D eigenvalue weighted by Gasteiger charge is 2.45. The van der Waals surface area contributed by atoms with Crippen molar-refractivity contribution in [3.63, 3.8) is 0 Å². The Labute approximate surface area is 106 Å². The number of nitrogens with two attached hydrogens (primary N) is 1. The van der Waals surface area contributed by atoms with E-state index in [1.54, 1.807) is 0 Å². The van der Waals surface area contributed by atoms with Crippen LogP contribution in [0.1, 0.15) is 36.0 Å². The van der Waals surface area contributed by atoms with Crippen molar-refractivity contribution in [1.82, 2.24) is 4.31 Å². The van der Waals surface area contributed by atoms with Gasteiger partial charge in [-0.25, -0.2) is 12.7 Å². The third-order valence-corrected chi connectivity index (χ3v) is 5.52. The normalized spacial score (nSPS) is 22.4. The molecule has 2 aliphatic rings. The van der Waals surface area contributed by atoms with Gasteiger partial charge in [0, 0.05) is 11.7 Å². The lowest BCUT2D eigenvalue weighted by molar-refractivity contribution is 0.0834. The first-order chi connectivity index (χ1) is 8.51. The van der Waals surface area contributed by atoms with Crippen molar-refractivity contribution in [2.24, 2.45) is 0 Å². The molecule has 1 aliphatic heterocycles. The monoisotopic (exact) mass is 266 g/mol. The van der Waals surface area contributed by atoms with E-state index in [4.69, 9.17) is 5.73 Å². The highest BCUT2D eigenvalue weighted by molar-refractivity contribution is 7.90. The smallest absolute Gasteiger partial charge is 0.269 e. The van der Waals surface area contributed by atoms with Gasteiger partial charge in [0.05, 0.1) is 5.56 Å². The summed E-state index contributed by atoms with van der Waals surface area (Å²) in [7, 11) is -3.67. The number of nitrogen functional groups attached to an aromatic ring is 1. The predicted octanol–water partition coefficient (Wildman–Crippen LogP) is 1.36. The summed E-state index contributed by atoms with van der Waals surface area (Å²) in [4.78, 5) is 12.3. The van der Waals surface area contributed by atoms with Crippen LogP contribution < -0.4 is 5.73 Å². The van der Waals surface area contributed by atoms with Gasteiger partial charge in [-0.15, -0.1) is 0 Å². The van der Waals surface area contributed by atoms with Gasteiger partial charge in [-0.2, -0.15) is 0 Å². The molecule has 0 spiro atoms. The number of hydrogen-bond donors (Lipinski definition) is 1. The number of sulfonamides is 1. The minimum absolute atomic E-state index is 0.0913. The van der Waals surface area contributed by atoms with Crippen molar-refractivity contribution in [2.45, 2.75) is 36.6 Å². The molecule has 1 aromatic rings. The summed E-state index contributed by atoms with van der Waals surface area (Å²) in [6, 6.07) is 4.20. The zero-order valence-electron chi connectivity index (χ0n) is 9.80. The lowest BCUT2D eigenvalue weighted by atomic mass is 10.1. The zero-order valence-corrected chi connectivity index (χ0v) is 10.6. The van der Waals surface area contributed by atoms with E-state index in [0.717, 1.165) is 30.0 Å². The number of anilines is 1. The molecule has 0 atom stereocenters. The predicted molar refractivity (Wildman–Crippen MR) is 66.5 cm³/mol. The number of hydrogen-bond acceptors (Lipinski definition) is 4. The van der Waals surface area contributed by atoms with Gasteiger partial charge < -0.3 is 5.73 Å². The molecule has 1 fully saturated rings. The van der Waals surface area contributed by atoms with E-state index in [0.29, 0.717) is 5.69 Å². The molecule has 1 heterocycles. The summed E-state index contributed by atoms with van der Waals surface area (Å²) in [5, 5.41) is 0. The molecular weight excluding hydrogens is 252 g/mol. The molecule has 5 nitrogen and oxygen atoms in total. The second-order valence-electron chi connectivity index (χ2n) is 4.80. The van der Waals surface area contributed by atoms with Gasteiger partial charge in [0.2, 0.25) is 0 Å². The fraction of sp³-hybridized carbons (Fsp3) is 0.417. The summed E-state index contributed by atoms with van der Waals surface area (Å²) in [5.41, 5.74) is 6.23. The Morgan fingerprint density at radius 1 is 1.22 bits per heavy atom. The third-order valence-electron chi connectivity index (χ3n) is 3.63. The van der Waals surface area contributed by atoms with Crippen molar-refractivity contribution >= 4 is 21.6 Å². The van der Waals surface area contributed by atoms with Gasteiger partial charge in [-0.05, 0) is 31.0 Å². The van der Waals surface area contributed by atoms with Gasteiger partial charge >= 0.3 is 0 Å². The van der Waals surface area contributed by atoms with Crippen molar-refractivity contribution in [1.29, 1.82) is 0 Å². The van der Waals surface area contributed by atoms with Crippen molar-refractivity contribution < 1.29 is 13.2 Å². The van der Waals surface area contributed by atoms with Crippen LogP contribution in [0, 0.1) is 0 Å². The Morgan fingerprint density at radius 2 is 1.89 bits per heavy atom. The Bertz CT molecular complexity index is 618. The minimum atomic E-state index is -3.67. The van der Waals surface area contributed by atoms with E-state index < -0.39 is 15.9 Å². The number of rotatable bonds is 1. The largest absolute Gasteiger partial charge is 0.399 e. The average Bonchev–Trinajstić information content (AvgIpc) is 2.86. The third kappa shape index (κ3) is 1.45. The molecular formula is C12H14N2O3S. The first-order valence-corrected chi connectivity index (χ1v) is 7.44. The maximum Gasteiger partial charge on any atom is 0.269 e. The molecule has 3 rings (SSSR count). The molecule has 1 aliphatic carbocycles. The second kappa shape index (κ2) is 3.71. The van der Waals surface area contributed by atoms with Gasteiger partial charge in [-0.1, -0.05) is 12.8 Å². The van der Waals surface area contributed by atoms with Crippen molar-refractivity contribution in [3.05, 3.63) is 23.8 Å². The molecule has 0 unspecified atom stereocenters. The Balaban J connectivity index is 2.14. The van der Waals surface area contributed by atoms with Crippen LogP contribution in [0.3, 0.4) is 0 Å². The number of amides is 1. The molecule has 0 radical (unpaired) electrons. The number of nitrogens with zero attached hydrogens (tertiary/aromatic N) is 1. The lowest BCUT2D eigenvalue weighted by Crippen LogP contribution is -2.38. The lowest BCUT2D eigenvalue weighted by Gasteiger charge is -2.22. The standard InChI is InChI=1S/C12H14N2O3S/c13-8-5-6-11-10(7-8)12(15)14(18(11,16)17)9-3-1-2-4-9/h5-7,9H,1-4,13H2. The fourth-order valence-corrected chi connectivity index (χ4v) is 4.57. The van der Waals surface area contributed by atoms with E-state index in [9.17, 15) is 13.2 Å². The van der Waals surface area contributed by atoms with E-state index in [1.807, 2.05) is 0 Å². The Kier molecular flexibility index (Phi) is 2.38. The molecule has 1 aromatic carbocycles. The van der Waals surface area contributed by atoms with Crippen LogP contribution in [0.5, 0.6) is 0 Å². The number of carbonyl (C=O) groups excluding carboxylic acids is 1. The number of benzene rings is 1. The maximum absolute atomic E-state index is 12.4. The van der Waals surface area contributed by atoms with Crippen LogP contribution in [0.4, 0.5) is 5.69 Å². The van der Waals surface area contributed by atoms with Crippen LogP contribution in [0.25, 0.3) is 0 Å². The van der Waals surface area contributed by atoms with Gasteiger partial charge in [-0.3, -0.25) is 4.79 Å². The van der Waals surface area contributed by atoms with Gasteiger partial charge in [0.1, 0.15) is 4.90 Å². The SMILES string of the molecule is Nc1ccc2c(c1)C(=O)N(C1CCCC1)S2(=O)=O. The molecule has 0 bridgehead atoms. The first-order valence-electron chi connectivity index (χ1n) is 6.00. The van der Waals surface area contributed by atoms with E-state index in [1.165, 1.54) is 18.2 Å². The summed E-state index contributed by atoms with van der Waals surface area (Å²) < 4.78 is 25.8. The topological polar surface area (TPSA) is 80.5 Å². The molecule has 1 amide bonds. The molecule has 6 heteroatoms. The van der Waals surface area contributed by atoms with Crippen molar-refractivity contribution in [3.8, 4) is 0 Å². The number of carbonyl (C=O) groups is 1. The average molecular weight is 266 g/mol. The molecule has 1 saturated carbocycles. The molecule has 2 N–H and O–H groups in total. The molecule has 96 valence electrons. The van der Waals surface area contributed by atoms with Crippen molar-refractivity contribution in [2.75, 3.05) is 5.73 Å². The zero-order chi connectivity index (χ0) is 12.9. The molecule has 18 heavy (non-hydrogen) atoms. The Hall–Kier alpha value is -1.56. The Morgan fingerprint density at radius 3 is 2.56 bits per heavy atom. The highest BCUT2D eigenvalue weighted by Crippen LogP contribution is 2.37. The van der Waals surface area contributed by atoms with Crippen LogP contribution in [0.2, 0.25) is 0 Å². The summed E-state index contributed by atoms with van der Waals surface area (Å²) in [5.74, 6) is -0.427. The highest BCUT2D eigenvalue weighted by atomic mass is 32.2. The van der Waals surface area contributed by atoms with E-state index in [-0.39, 0.29) is 16.5 Å².